The van der Waals surface area contributed by atoms with Crippen LogP contribution in [0.1, 0.15) is 0 Å². The SMILES string of the molecule is [In+3].[S-]SS[S-].[Zn+2]. The molecule has 0 spiro atoms. The van der Waals surface area contributed by atoms with Crippen LogP contribution in [0.5, 0.6) is 0 Å². The maximum atomic E-state index is 4.33. The van der Waals surface area contributed by atoms with Gasteiger partial charge in [-0.3, -0.25) is 19.7 Å². The molecule has 0 fully saturated rings. The van der Waals surface area contributed by atoms with Gasteiger partial charge in [0.25, 0.3) is 0 Å². The number of hydrogen-bond acceptors (Lipinski definition) is 4. The second-order valence-corrected chi connectivity index (χ2v) is 3.67. The quantitative estimate of drug-likeness (QED) is 0.401. The van der Waals surface area contributed by atoms with E-state index in [1.165, 1.54) is 19.7 Å². The van der Waals surface area contributed by atoms with Gasteiger partial charge in [0, 0.05) is 0 Å². The first kappa shape index (κ1) is 16.0. The third-order valence-corrected chi connectivity index (χ3v) is 2.25. The Kier molecular flexibility index (Phi) is 41.7. The molecule has 0 amide bonds. The van der Waals surface area contributed by atoms with Gasteiger partial charge < -0.3 is 23.3 Å². The first-order chi connectivity index (χ1) is 1.91. The molecule has 0 rings (SSSR count). The van der Waals surface area contributed by atoms with Crippen LogP contribution < -0.4 is 0 Å². The Hall–Kier alpha value is 2.89. The van der Waals surface area contributed by atoms with E-state index in [9.17, 15) is 0 Å². The van der Waals surface area contributed by atoms with Crippen LogP contribution in [0.15, 0.2) is 0 Å². The van der Waals surface area contributed by atoms with E-state index in [1.807, 2.05) is 0 Å². The molecule has 0 heterocycles. The Labute approximate surface area is 86.9 Å². The normalized spacial score (nSPS) is 5.00. The Morgan fingerprint density at radius 1 is 1.00 bits per heavy atom. The molecular weight excluding hydrogens is 308 g/mol. The molecule has 0 saturated carbocycles. The summed E-state index contributed by atoms with van der Waals surface area (Å²) in [6.07, 6.45) is 0. The topological polar surface area (TPSA) is 0 Å². The molecule has 6 heteroatoms. The molecule has 0 N–H and O–H groups in total. The molecule has 0 aromatic heterocycles. The van der Waals surface area contributed by atoms with Crippen LogP contribution in [0.25, 0.3) is 0 Å². The molecule has 0 aromatic carbocycles. The zero-order valence-electron chi connectivity index (χ0n) is 2.92. The van der Waals surface area contributed by atoms with Crippen LogP contribution >= 0.6 is 19.7 Å². The van der Waals surface area contributed by atoms with Gasteiger partial charge in [-0.25, -0.2) is 0 Å². The number of hydrogen-bond donors (Lipinski definition) is 0. The van der Waals surface area contributed by atoms with Gasteiger partial charge in [-0.1, -0.05) is 0 Å². The predicted molar refractivity (Wildman–Crippen MR) is 35.7 cm³/mol. The van der Waals surface area contributed by atoms with Gasteiger partial charge >= 0.3 is 45.3 Å². The van der Waals surface area contributed by atoms with Crippen molar-refractivity contribution in [3.05, 3.63) is 0 Å². The van der Waals surface area contributed by atoms with Crippen LogP contribution in [-0.4, -0.2) is 25.8 Å². The van der Waals surface area contributed by atoms with E-state index in [1.54, 1.807) is 0 Å². The number of rotatable bonds is 1. The smallest absolute Gasteiger partial charge is 0.709 e. The van der Waals surface area contributed by atoms with Gasteiger partial charge in [0.1, 0.15) is 0 Å². The van der Waals surface area contributed by atoms with Crippen LogP contribution in [0.4, 0.5) is 0 Å². The van der Waals surface area contributed by atoms with Crippen LogP contribution in [0.3, 0.4) is 0 Å². The summed E-state index contributed by atoms with van der Waals surface area (Å²) in [5.41, 5.74) is 0. The largest absolute Gasteiger partial charge is 3.00 e. The van der Waals surface area contributed by atoms with Gasteiger partial charge in [0.15, 0.2) is 0 Å². The summed E-state index contributed by atoms with van der Waals surface area (Å²) in [6.45, 7) is 0. The third-order valence-electron chi connectivity index (χ3n) is 0.0278. The van der Waals surface area contributed by atoms with Gasteiger partial charge in [0.05, 0.1) is 0 Å². The van der Waals surface area contributed by atoms with Crippen molar-refractivity contribution in [3.63, 3.8) is 0 Å². The van der Waals surface area contributed by atoms with Crippen molar-refractivity contribution in [2.24, 2.45) is 0 Å². The molecule has 0 radical (unpaired) electrons. The van der Waals surface area contributed by atoms with E-state index in [2.05, 4.69) is 23.3 Å². The first-order valence-electron chi connectivity index (χ1n) is 0.500. The molecule has 0 aliphatic rings. The van der Waals surface area contributed by atoms with Crippen molar-refractivity contribution in [2.45, 2.75) is 0 Å². The molecule has 0 nitrogen and oxygen atoms in total. The maximum Gasteiger partial charge on any atom is 3.00 e. The van der Waals surface area contributed by atoms with Gasteiger partial charge in [-0.2, -0.15) is 0 Å². The summed E-state index contributed by atoms with van der Waals surface area (Å²) in [7, 11) is 2.34. The molecule has 0 saturated heterocycles. The van der Waals surface area contributed by atoms with Crippen molar-refractivity contribution in [3.8, 4) is 0 Å². The zero-order valence-corrected chi connectivity index (χ0v) is 12.4. The summed E-state index contributed by atoms with van der Waals surface area (Å²) < 4.78 is 0. The van der Waals surface area contributed by atoms with Crippen molar-refractivity contribution in [2.75, 3.05) is 0 Å². The van der Waals surface area contributed by atoms with E-state index in [0.29, 0.717) is 0 Å². The van der Waals surface area contributed by atoms with E-state index in [0.717, 1.165) is 0 Å². The summed E-state index contributed by atoms with van der Waals surface area (Å²) >= 11 is 8.66. The van der Waals surface area contributed by atoms with Crippen LogP contribution in [0.2, 0.25) is 0 Å². The molecule has 0 atom stereocenters. The molecule has 0 aliphatic carbocycles. The van der Waals surface area contributed by atoms with Crippen molar-refractivity contribution < 1.29 is 19.5 Å². The average molecular weight is 308 g/mol. The molecule has 26 valence electrons. The molecule has 0 aliphatic heterocycles. The Morgan fingerprint density at radius 3 is 1.17 bits per heavy atom. The fraction of sp³-hybridized carbons (Fsp3) is 0. The minimum atomic E-state index is 0. The minimum Gasteiger partial charge on any atom is -0.709 e. The van der Waals surface area contributed by atoms with E-state index in [-0.39, 0.29) is 45.3 Å². The van der Waals surface area contributed by atoms with Gasteiger partial charge in [-0.15, -0.1) is 0 Å². The van der Waals surface area contributed by atoms with Gasteiger partial charge in [-0.05, 0) is 0 Å². The van der Waals surface area contributed by atoms with Crippen molar-refractivity contribution in [1.29, 1.82) is 0 Å². The van der Waals surface area contributed by atoms with Gasteiger partial charge in [0.2, 0.25) is 0 Å². The summed E-state index contributed by atoms with van der Waals surface area (Å²) in [6, 6.07) is 0. The second kappa shape index (κ2) is 15.7. The van der Waals surface area contributed by atoms with E-state index >= 15 is 0 Å². The standard InChI is InChI=1S/In.H2S4.Zn/c;1-3-4-2;/h;1-2H;/q+3;;+2/p-2. The molecule has 0 aromatic rings. The fourth-order valence-corrected chi connectivity index (χ4v) is 0. The maximum absolute atomic E-state index is 4.33. The minimum absolute atomic E-state index is 0. The van der Waals surface area contributed by atoms with E-state index < -0.39 is 0 Å². The average Bonchev–Trinajstić information content (AvgIpc) is 1.37. The molecular formula is InS4Zn+3. The summed E-state index contributed by atoms with van der Waals surface area (Å²) in [5, 5.41) is 0. The van der Waals surface area contributed by atoms with Crippen molar-refractivity contribution >= 4 is 68.8 Å². The van der Waals surface area contributed by atoms with Crippen LogP contribution in [0, 0.1) is 0 Å². The molecule has 6 heavy (non-hydrogen) atoms. The summed E-state index contributed by atoms with van der Waals surface area (Å²) in [4.78, 5) is 0. The first-order valence-corrected chi connectivity index (χ1v) is 4.50. The van der Waals surface area contributed by atoms with E-state index in [4.69, 9.17) is 0 Å². The Bertz CT molecular complexity index is 9.51. The second-order valence-electron chi connectivity index (χ2n) is 0.136. The fourth-order valence-electron chi connectivity index (χ4n) is 0. The third kappa shape index (κ3) is 15.8. The Morgan fingerprint density at radius 2 is 1.17 bits per heavy atom. The molecule has 0 bridgehead atoms. The van der Waals surface area contributed by atoms with Crippen LogP contribution in [-0.2, 0) is 42.8 Å². The monoisotopic (exact) mass is 307 g/mol. The Balaban J connectivity index is -0.0000000450. The summed E-state index contributed by atoms with van der Waals surface area (Å²) in [5.74, 6) is 0. The zero-order chi connectivity index (χ0) is 3.41. The van der Waals surface area contributed by atoms with Crippen molar-refractivity contribution in [1.82, 2.24) is 0 Å². The molecule has 0 unspecified atom stereocenters. The predicted octanol–water partition coefficient (Wildman–Crippen LogP) is 0.908.